The van der Waals surface area contributed by atoms with E-state index < -0.39 is 10.8 Å². The summed E-state index contributed by atoms with van der Waals surface area (Å²) in [6, 6.07) is 5.35. The molecular formula is C9H12BrNO2S. The van der Waals surface area contributed by atoms with Crippen molar-refractivity contribution in [3.8, 4) is 0 Å². The highest BCUT2D eigenvalue weighted by Gasteiger charge is 2.07. The smallest absolute Gasteiger partial charge is 0.0619 e. The van der Waals surface area contributed by atoms with Gasteiger partial charge in [-0.3, -0.25) is 4.21 Å². The number of methoxy groups -OCH3 is 1. The maximum atomic E-state index is 11.7. The van der Waals surface area contributed by atoms with Crippen LogP contribution in [0.25, 0.3) is 0 Å². The molecule has 0 aliphatic rings. The van der Waals surface area contributed by atoms with Crippen LogP contribution in [0.4, 0.5) is 5.69 Å². The second-order valence-electron chi connectivity index (χ2n) is 2.72. The normalized spacial score (nSPS) is 12.7. The number of rotatable bonds is 4. The first kappa shape index (κ1) is 11.7. The molecule has 0 spiro atoms. The van der Waals surface area contributed by atoms with Gasteiger partial charge in [0.25, 0.3) is 0 Å². The van der Waals surface area contributed by atoms with Crippen LogP contribution >= 0.6 is 15.9 Å². The van der Waals surface area contributed by atoms with E-state index in [4.69, 9.17) is 10.5 Å². The molecule has 0 aromatic heterocycles. The summed E-state index contributed by atoms with van der Waals surface area (Å²) < 4.78 is 17.4. The average molecular weight is 278 g/mol. The van der Waals surface area contributed by atoms with Gasteiger partial charge < -0.3 is 10.5 Å². The largest absolute Gasteiger partial charge is 0.398 e. The lowest BCUT2D eigenvalue weighted by molar-refractivity contribution is 0.218. The summed E-state index contributed by atoms with van der Waals surface area (Å²) in [5, 5.41) is 0. The minimum absolute atomic E-state index is 0.474. The van der Waals surface area contributed by atoms with E-state index in [9.17, 15) is 4.21 Å². The molecule has 0 fully saturated rings. The van der Waals surface area contributed by atoms with Crippen LogP contribution in [0.3, 0.4) is 0 Å². The molecular weight excluding hydrogens is 266 g/mol. The molecule has 1 atom stereocenters. The quantitative estimate of drug-likeness (QED) is 0.854. The third-order valence-corrected chi connectivity index (χ3v) is 3.58. The van der Waals surface area contributed by atoms with Gasteiger partial charge in [-0.15, -0.1) is 0 Å². The number of benzene rings is 1. The lowest BCUT2D eigenvalue weighted by Gasteiger charge is -2.05. The Balaban J connectivity index is 2.80. The van der Waals surface area contributed by atoms with Gasteiger partial charge in [-0.1, -0.05) is 15.9 Å². The van der Waals surface area contributed by atoms with Crippen molar-refractivity contribution >= 4 is 32.4 Å². The number of halogens is 1. The summed E-state index contributed by atoms with van der Waals surface area (Å²) in [6.07, 6.45) is 0. The summed E-state index contributed by atoms with van der Waals surface area (Å²) in [5.41, 5.74) is 6.28. The number of nitrogens with two attached hydrogens (primary N) is 1. The van der Waals surface area contributed by atoms with Gasteiger partial charge in [-0.05, 0) is 18.2 Å². The monoisotopic (exact) mass is 277 g/mol. The van der Waals surface area contributed by atoms with Crippen LogP contribution in [-0.2, 0) is 15.5 Å². The third kappa shape index (κ3) is 3.08. The Morgan fingerprint density at radius 2 is 2.29 bits per heavy atom. The maximum absolute atomic E-state index is 11.7. The van der Waals surface area contributed by atoms with E-state index in [1.54, 1.807) is 19.2 Å². The lowest BCUT2D eigenvalue weighted by atomic mass is 10.3. The fourth-order valence-electron chi connectivity index (χ4n) is 0.996. The molecule has 0 aliphatic carbocycles. The van der Waals surface area contributed by atoms with Gasteiger partial charge in [0.2, 0.25) is 0 Å². The maximum Gasteiger partial charge on any atom is 0.0619 e. The van der Waals surface area contributed by atoms with Crippen LogP contribution in [0.2, 0.25) is 0 Å². The molecule has 0 radical (unpaired) electrons. The molecule has 2 N–H and O–H groups in total. The molecule has 0 amide bonds. The second kappa shape index (κ2) is 5.48. The first-order valence-corrected chi connectivity index (χ1v) is 6.18. The van der Waals surface area contributed by atoms with Crippen molar-refractivity contribution in [3.63, 3.8) is 0 Å². The van der Waals surface area contributed by atoms with Gasteiger partial charge in [0.1, 0.15) is 0 Å². The van der Waals surface area contributed by atoms with Gasteiger partial charge >= 0.3 is 0 Å². The molecule has 78 valence electrons. The molecule has 0 aliphatic heterocycles. The Kier molecular flexibility index (Phi) is 4.57. The standard InChI is InChI=1S/C9H12BrNO2S/c1-13-4-5-14(12)9-3-2-7(10)6-8(9)11/h2-3,6H,4-5,11H2,1H3. The van der Waals surface area contributed by atoms with Crippen LogP contribution in [0, 0.1) is 0 Å². The van der Waals surface area contributed by atoms with Crippen LogP contribution in [0.5, 0.6) is 0 Å². The molecule has 3 nitrogen and oxygen atoms in total. The predicted molar refractivity (Wildman–Crippen MR) is 61.7 cm³/mol. The minimum Gasteiger partial charge on any atom is -0.398 e. The van der Waals surface area contributed by atoms with E-state index in [0.717, 1.165) is 4.47 Å². The van der Waals surface area contributed by atoms with Gasteiger partial charge in [0.05, 0.1) is 28.1 Å². The van der Waals surface area contributed by atoms with Crippen molar-refractivity contribution < 1.29 is 8.95 Å². The topological polar surface area (TPSA) is 52.3 Å². The van der Waals surface area contributed by atoms with E-state index in [-0.39, 0.29) is 0 Å². The number of hydrogen-bond acceptors (Lipinski definition) is 3. The fraction of sp³-hybridized carbons (Fsp3) is 0.333. The van der Waals surface area contributed by atoms with Crippen molar-refractivity contribution in [2.75, 3.05) is 25.2 Å². The van der Waals surface area contributed by atoms with Gasteiger partial charge in [-0.25, -0.2) is 0 Å². The molecule has 0 saturated heterocycles. The summed E-state index contributed by atoms with van der Waals surface area (Å²) in [4.78, 5) is 0.672. The molecule has 0 bridgehead atoms. The highest BCUT2D eigenvalue weighted by Crippen LogP contribution is 2.21. The number of nitrogen functional groups attached to an aromatic ring is 1. The van der Waals surface area contributed by atoms with Gasteiger partial charge in [0.15, 0.2) is 0 Å². The van der Waals surface area contributed by atoms with Crippen molar-refractivity contribution in [1.82, 2.24) is 0 Å². The van der Waals surface area contributed by atoms with E-state index in [1.165, 1.54) is 0 Å². The SMILES string of the molecule is COCCS(=O)c1ccc(Br)cc1N. The summed E-state index contributed by atoms with van der Waals surface area (Å²) in [7, 11) is 0.511. The third-order valence-electron chi connectivity index (χ3n) is 1.69. The van der Waals surface area contributed by atoms with E-state index >= 15 is 0 Å². The first-order chi connectivity index (χ1) is 6.65. The Morgan fingerprint density at radius 1 is 1.57 bits per heavy atom. The highest BCUT2D eigenvalue weighted by atomic mass is 79.9. The molecule has 5 heteroatoms. The van der Waals surface area contributed by atoms with Crippen molar-refractivity contribution in [2.45, 2.75) is 4.90 Å². The van der Waals surface area contributed by atoms with E-state index in [2.05, 4.69) is 15.9 Å². The van der Waals surface area contributed by atoms with Crippen LogP contribution in [-0.4, -0.2) is 23.7 Å². The van der Waals surface area contributed by atoms with Crippen LogP contribution in [0.15, 0.2) is 27.6 Å². The molecule has 1 aromatic rings. The van der Waals surface area contributed by atoms with Crippen molar-refractivity contribution in [1.29, 1.82) is 0 Å². The highest BCUT2D eigenvalue weighted by molar-refractivity contribution is 9.10. The Labute approximate surface area is 94.2 Å². The van der Waals surface area contributed by atoms with Gasteiger partial charge in [0, 0.05) is 17.3 Å². The zero-order valence-electron chi connectivity index (χ0n) is 7.83. The summed E-state index contributed by atoms with van der Waals surface area (Å²) >= 11 is 3.29. The number of hydrogen-bond donors (Lipinski definition) is 1. The minimum atomic E-state index is -1.07. The Morgan fingerprint density at radius 3 is 2.86 bits per heavy atom. The van der Waals surface area contributed by atoms with Crippen molar-refractivity contribution in [2.24, 2.45) is 0 Å². The second-order valence-corrected chi connectivity index (χ2v) is 5.18. The zero-order valence-corrected chi connectivity index (χ0v) is 10.2. The predicted octanol–water partition coefficient (Wildman–Crippen LogP) is 1.79. The average Bonchev–Trinajstić information content (AvgIpc) is 2.14. The number of ether oxygens (including phenoxy) is 1. The van der Waals surface area contributed by atoms with Crippen molar-refractivity contribution in [3.05, 3.63) is 22.7 Å². The van der Waals surface area contributed by atoms with Crippen LogP contribution in [0.1, 0.15) is 0 Å². The zero-order chi connectivity index (χ0) is 10.6. The lowest BCUT2D eigenvalue weighted by Crippen LogP contribution is -2.06. The number of anilines is 1. The molecule has 0 saturated carbocycles. The van der Waals surface area contributed by atoms with E-state index in [1.807, 2.05) is 6.07 Å². The summed E-state index contributed by atoms with van der Waals surface area (Å²) in [5.74, 6) is 0.475. The molecule has 1 rings (SSSR count). The fourth-order valence-corrected chi connectivity index (χ4v) is 2.45. The van der Waals surface area contributed by atoms with Crippen LogP contribution < -0.4 is 5.73 Å². The molecule has 1 aromatic carbocycles. The van der Waals surface area contributed by atoms with E-state index in [0.29, 0.717) is 22.9 Å². The first-order valence-electron chi connectivity index (χ1n) is 4.07. The molecule has 0 heterocycles. The summed E-state index contributed by atoms with van der Waals surface area (Å²) in [6.45, 7) is 0.474. The van der Waals surface area contributed by atoms with Gasteiger partial charge in [-0.2, -0.15) is 0 Å². The Hall–Kier alpha value is -0.390. The molecule has 14 heavy (non-hydrogen) atoms. The Bertz CT molecular complexity index is 344. The molecule has 1 unspecified atom stereocenters.